The van der Waals surface area contributed by atoms with Gasteiger partial charge in [0.15, 0.2) is 5.65 Å². The molecule has 0 atom stereocenters. The van der Waals surface area contributed by atoms with Crippen molar-refractivity contribution in [1.29, 1.82) is 0 Å². The summed E-state index contributed by atoms with van der Waals surface area (Å²) in [7, 11) is 1.80. The molecule has 0 aliphatic carbocycles. The summed E-state index contributed by atoms with van der Waals surface area (Å²) in [6, 6.07) is 3.95. The molecule has 0 unspecified atom stereocenters. The molecule has 3 rings (SSSR count). The van der Waals surface area contributed by atoms with Gasteiger partial charge < -0.3 is 5.32 Å². The zero-order chi connectivity index (χ0) is 12.4. The molecule has 0 fully saturated rings. The number of rotatable bonds is 3. The van der Waals surface area contributed by atoms with Crippen molar-refractivity contribution in [3.8, 4) is 0 Å². The van der Waals surface area contributed by atoms with Crippen LogP contribution in [-0.4, -0.2) is 32.2 Å². The Morgan fingerprint density at radius 3 is 3.00 bits per heavy atom. The van der Waals surface area contributed by atoms with Gasteiger partial charge in [0.1, 0.15) is 0 Å². The Morgan fingerprint density at radius 1 is 1.28 bits per heavy atom. The van der Waals surface area contributed by atoms with Crippen LogP contribution in [0.2, 0.25) is 0 Å². The second-order valence-corrected chi connectivity index (χ2v) is 3.91. The topological polar surface area (TPSA) is 79.4 Å². The van der Waals surface area contributed by atoms with Crippen molar-refractivity contribution in [2.75, 3.05) is 12.4 Å². The number of nitrogens with one attached hydrogen (secondary N) is 2. The fraction of sp³-hybridized carbons (Fsp3) is 0.167. The molecular weight excluding hydrogens is 228 g/mol. The molecule has 18 heavy (non-hydrogen) atoms. The second kappa shape index (κ2) is 4.40. The van der Waals surface area contributed by atoms with Crippen LogP contribution >= 0.6 is 0 Å². The minimum atomic E-state index is 0.589. The van der Waals surface area contributed by atoms with Gasteiger partial charge in [-0.25, -0.2) is 4.98 Å². The summed E-state index contributed by atoms with van der Waals surface area (Å²) in [6.07, 6.45) is 6.06. The van der Waals surface area contributed by atoms with Crippen LogP contribution in [0.1, 0.15) is 11.3 Å². The molecule has 3 aromatic rings. The SMILES string of the molecule is CNc1nc(Cc2cccnc2)c2cn[nH]c2n1. The zero-order valence-corrected chi connectivity index (χ0v) is 9.88. The molecule has 0 aliphatic heterocycles. The third kappa shape index (κ3) is 1.88. The molecule has 6 nitrogen and oxygen atoms in total. The Morgan fingerprint density at radius 2 is 2.22 bits per heavy atom. The van der Waals surface area contributed by atoms with Gasteiger partial charge in [0.2, 0.25) is 5.95 Å². The van der Waals surface area contributed by atoms with E-state index in [0.717, 1.165) is 22.3 Å². The highest BCUT2D eigenvalue weighted by atomic mass is 15.2. The first kappa shape index (κ1) is 10.6. The van der Waals surface area contributed by atoms with Gasteiger partial charge in [-0.2, -0.15) is 10.1 Å². The Labute approximate surface area is 104 Å². The lowest BCUT2D eigenvalue weighted by molar-refractivity contribution is 1.04. The first-order chi connectivity index (χ1) is 8.86. The molecule has 2 N–H and O–H groups in total. The molecule has 0 bridgehead atoms. The van der Waals surface area contributed by atoms with Crippen molar-refractivity contribution >= 4 is 17.0 Å². The largest absolute Gasteiger partial charge is 0.357 e. The predicted molar refractivity (Wildman–Crippen MR) is 68.3 cm³/mol. The number of pyridine rings is 1. The molecular formula is C12H12N6. The number of hydrogen-bond donors (Lipinski definition) is 2. The summed E-state index contributed by atoms with van der Waals surface area (Å²) in [5.74, 6) is 0.589. The Bertz CT molecular complexity index is 661. The molecule has 3 heterocycles. The van der Waals surface area contributed by atoms with Crippen LogP contribution in [0.5, 0.6) is 0 Å². The first-order valence-electron chi connectivity index (χ1n) is 5.63. The van der Waals surface area contributed by atoms with Crippen LogP contribution in [0.4, 0.5) is 5.95 Å². The van der Waals surface area contributed by atoms with Crippen LogP contribution in [0.15, 0.2) is 30.7 Å². The third-order valence-electron chi connectivity index (χ3n) is 2.71. The highest BCUT2D eigenvalue weighted by Gasteiger charge is 2.09. The smallest absolute Gasteiger partial charge is 0.224 e. The maximum atomic E-state index is 4.48. The number of aromatic nitrogens is 5. The van der Waals surface area contributed by atoms with Gasteiger partial charge in [0, 0.05) is 25.9 Å². The van der Waals surface area contributed by atoms with E-state index in [2.05, 4.69) is 30.5 Å². The Balaban J connectivity index is 2.07. The molecule has 0 amide bonds. The molecule has 6 heteroatoms. The fourth-order valence-electron chi connectivity index (χ4n) is 1.84. The monoisotopic (exact) mass is 240 g/mol. The molecule has 0 spiro atoms. The fourth-order valence-corrected chi connectivity index (χ4v) is 1.84. The van der Waals surface area contributed by atoms with Crippen molar-refractivity contribution in [2.45, 2.75) is 6.42 Å². The van der Waals surface area contributed by atoms with E-state index in [0.29, 0.717) is 12.4 Å². The normalized spacial score (nSPS) is 10.7. The minimum absolute atomic E-state index is 0.589. The summed E-state index contributed by atoms with van der Waals surface area (Å²) in [6.45, 7) is 0. The molecule has 3 aromatic heterocycles. The van der Waals surface area contributed by atoms with E-state index < -0.39 is 0 Å². The highest BCUT2D eigenvalue weighted by Crippen LogP contribution is 2.17. The number of hydrogen-bond acceptors (Lipinski definition) is 5. The van der Waals surface area contributed by atoms with Gasteiger partial charge in [-0.1, -0.05) is 6.07 Å². The van der Waals surface area contributed by atoms with Crippen molar-refractivity contribution in [1.82, 2.24) is 25.1 Å². The maximum absolute atomic E-state index is 4.48. The van der Waals surface area contributed by atoms with Crippen molar-refractivity contribution in [2.24, 2.45) is 0 Å². The van der Waals surface area contributed by atoms with Gasteiger partial charge in [-0.05, 0) is 11.6 Å². The summed E-state index contributed by atoms with van der Waals surface area (Å²) in [5, 5.41) is 10.8. The standard InChI is InChI=1S/C12H12N6/c1-13-12-16-10(5-8-3-2-4-14-6-8)9-7-15-18-11(9)17-12/h2-4,6-7H,5H2,1H3,(H2,13,15,16,17,18). The summed E-state index contributed by atoms with van der Waals surface area (Å²) >= 11 is 0. The lowest BCUT2D eigenvalue weighted by Crippen LogP contribution is -2.01. The summed E-state index contributed by atoms with van der Waals surface area (Å²) in [5.41, 5.74) is 2.79. The quantitative estimate of drug-likeness (QED) is 0.723. The van der Waals surface area contributed by atoms with Crippen LogP contribution in [0.3, 0.4) is 0 Å². The molecule has 0 saturated heterocycles. The van der Waals surface area contributed by atoms with Crippen molar-refractivity contribution < 1.29 is 0 Å². The Kier molecular flexibility index (Phi) is 2.60. The van der Waals surface area contributed by atoms with Gasteiger partial charge in [-0.15, -0.1) is 0 Å². The van der Waals surface area contributed by atoms with Gasteiger partial charge >= 0.3 is 0 Å². The third-order valence-corrected chi connectivity index (χ3v) is 2.71. The lowest BCUT2D eigenvalue weighted by atomic mass is 10.1. The zero-order valence-electron chi connectivity index (χ0n) is 9.88. The average Bonchev–Trinajstić information content (AvgIpc) is 2.88. The minimum Gasteiger partial charge on any atom is -0.357 e. The van der Waals surface area contributed by atoms with E-state index >= 15 is 0 Å². The van der Waals surface area contributed by atoms with Gasteiger partial charge in [0.25, 0.3) is 0 Å². The molecule has 0 radical (unpaired) electrons. The number of anilines is 1. The van der Waals surface area contributed by atoms with E-state index in [1.165, 1.54) is 0 Å². The first-order valence-corrected chi connectivity index (χ1v) is 5.63. The van der Waals surface area contributed by atoms with Crippen LogP contribution in [0.25, 0.3) is 11.0 Å². The van der Waals surface area contributed by atoms with E-state index in [-0.39, 0.29) is 0 Å². The average molecular weight is 240 g/mol. The van der Waals surface area contributed by atoms with E-state index in [1.807, 2.05) is 18.3 Å². The Hall–Kier alpha value is -2.50. The van der Waals surface area contributed by atoms with E-state index in [1.54, 1.807) is 19.4 Å². The molecule has 90 valence electrons. The summed E-state index contributed by atoms with van der Waals surface area (Å²) < 4.78 is 0. The van der Waals surface area contributed by atoms with Crippen LogP contribution in [0, 0.1) is 0 Å². The number of H-pyrrole nitrogens is 1. The van der Waals surface area contributed by atoms with Crippen LogP contribution in [-0.2, 0) is 6.42 Å². The van der Waals surface area contributed by atoms with E-state index in [9.17, 15) is 0 Å². The second-order valence-electron chi connectivity index (χ2n) is 3.91. The number of aromatic amines is 1. The van der Waals surface area contributed by atoms with Gasteiger partial charge in [-0.3, -0.25) is 10.1 Å². The highest BCUT2D eigenvalue weighted by molar-refractivity contribution is 5.78. The van der Waals surface area contributed by atoms with Crippen LogP contribution < -0.4 is 5.32 Å². The number of fused-ring (bicyclic) bond motifs is 1. The predicted octanol–water partition coefficient (Wildman–Crippen LogP) is 1.38. The summed E-state index contributed by atoms with van der Waals surface area (Å²) in [4.78, 5) is 12.9. The maximum Gasteiger partial charge on any atom is 0.224 e. The molecule has 0 aliphatic rings. The lowest BCUT2D eigenvalue weighted by Gasteiger charge is -2.04. The van der Waals surface area contributed by atoms with Crippen molar-refractivity contribution in [3.05, 3.63) is 42.0 Å². The number of nitrogens with zero attached hydrogens (tertiary/aromatic N) is 4. The van der Waals surface area contributed by atoms with Gasteiger partial charge in [0.05, 0.1) is 17.3 Å². The van der Waals surface area contributed by atoms with Crippen molar-refractivity contribution in [3.63, 3.8) is 0 Å². The van der Waals surface area contributed by atoms with E-state index in [4.69, 9.17) is 0 Å². The molecule has 0 saturated carbocycles. The molecule has 0 aromatic carbocycles.